The van der Waals surface area contributed by atoms with Crippen molar-refractivity contribution in [2.75, 3.05) is 5.32 Å². The molecular weight excluding hydrogens is 270 g/mol. The fourth-order valence-corrected chi connectivity index (χ4v) is 3.49. The molecule has 2 aliphatic rings. The average molecular weight is 289 g/mol. The minimum atomic E-state index is -0.942. The van der Waals surface area contributed by atoms with Crippen molar-refractivity contribution in [1.82, 2.24) is 0 Å². The first-order valence-electron chi connectivity index (χ1n) is 7.24. The van der Waals surface area contributed by atoms with E-state index in [0.717, 1.165) is 29.7 Å². The fraction of sp³-hybridized carbons (Fsp3) is 0.500. The lowest BCUT2D eigenvalue weighted by Gasteiger charge is -2.24. The maximum Gasteiger partial charge on any atom is 0.310 e. The van der Waals surface area contributed by atoms with E-state index in [1.807, 2.05) is 32.0 Å². The Hall–Kier alpha value is -1.88. The van der Waals surface area contributed by atoms with Gasteiger partial charge in [0.05, 0.1) is 24.0 Å². The Bertz CT molecular complexity index is 598. The Morgan fingerprint density at radius 2 is 1.86 bits per heavy atom. The molecule has 2 bridgehead atoms. The number of fused-ring (bicyclic) bond motifs is 2. The number of benzene rings is 1. The maximum atomic E-state index is 12.5. The van der Waals surface area contributed by atoms with E-state index in [4.69, 9.17) is 4.74 Å². The Morgan fingerprint density at radius 3 is 2.48 bits per heavy atom. The van der Waals surface area contributed by atoms with Crippen LogP contribution in [0.25, 0.3) is 0 Å². The Labute approximate surface area is 123 Å². The summed E-state index contributed by atoms with van der Waals surface area (Å²) in [6, 6.07) is 5.77. The zero-order valence-electron chi connectivity index (χ0n) is 12.1. The molecule has 2 N–H and O–H groups in total. The number of nitrogens with one attached hydrogen (secondary N) is 1. The number of rotatable bonds is 3. The van der Waals surface area contributed by atoms with Crippen molar-refractivity contribution in [2.24, 2.45) is 11.8 Å². The van der Waals surface area contributed by atoms with Gasteiger partial charge < -0.3 is 15.2 Å². The summed E-state index contributed by atoms with van der Waals surface area (Å²) in [5.41, 5.74) is 2.83. The van der Waals surface area contributed by atoms with Gasteiger partial charge in [0, 0.05) is 5.69 Å². The number of hydrogen-bond donors (Lipinski definition) is 2. The van der Waals surface area contributed by atoms with Crippen LogP contribution in [0.5, 0.6) is 0 Å². The third-order valence-corrected chi connectivity index (χ3v) is 4.50. The van der Waals surface area contributed by atoms with Gasteiger partial charge in [-0.1, -0.05) is 17.7 Å². The summed E-state index contributed by atoms with van der Waals surface area (Å²) in [4.78, 5) is 23.9. The van der Waals surface area contributed by atoms with Gasteiger partial charge in [-0.15, -0.1) is 0 Å². The number of amides is 1. The van der Waals surface area contributed by atoms with Gasteiger partial charge in [0.15, 0.2) is 0 Å². The molecule has 1 aromatic carbocycles. The smallest absolute Gasteiger partial charge is 0.310 e. The Morgan fingerprint density at radius 1 is 1.19 bits per heavy atom. The van der Waals surface area contributed by atoms with E-state index in [9.17, 15) is 14.7 Å². The first kappa shape index (κ1) is 14.1. The van der Waals surface area contributed by atoms with Crippen molar-refractivity contribution in [1.29, 1.82) is 0 Å². The number of ether oxygens (including phenoxy) is 1. The first-order valence-corrected chi connectivity index (χ1v) is 7.24. The van der Waals surface area contributed by atoms with Crippen LogP contribution in [0.15, 0.2) is 18.2 Å². The molecule has 0 aliphatic carbocycles. The molecular formula is C16H19NO4. The largest absolute Gasteiger partial charge is 0.481 e. The predicted octanol–water partition coefficient (Wildman–Crippen LogP) is 2.12. The topological polar surface area (TPSA) is 75.6 Å². The summed E-state index contributed by atoms with van der Waals surface area (Å²) in [6.45, 7) is 3.91. The third kappa shape index (κ3) is 2.42. The molecule has 0 spiro atoms. The predicted molar refractivity (Wildman–Crippen MR) is 77.1 cm³/mol. The molecule has 1 aromatic rings. The molecule has 0 radical (unpaired) electrons. The van der Waals surface area contributed by atoms with Crippen LogP contribution >= 0.6 is 0 Å². The maximum absolute atomic E-state index is 12.5. The number of carbonyl (C=O) groups excluding carboxylic acids is 1. The molecule has 4 unspecified atom stereocenters. The molecule has 0 aromatic heterocycles. The molecule has 3 rings (SSSR count). The molecule has 2 fully saturated rings. The van der Waals surface area contributed by atoms with E-state index in [0.29, 0.717) is 0 Å². The second kappa shape index (κ2) is 5.15. The van der Waals surface area contributed by atoms with Crippen molar-refractivity contribution in [2.45, 2.75) is 38.9 Å². The van der Waals surface area contributed by atoms with Gasteiger partial charge in [0.2, 0.25) is 5.91 Å². The van der Waals surface area contributed by atoms with Crippen LogP contribution in [-0.2, 0) is 14.3 Å². The molecule has 2 aliphatic heterocycles. The zero-order chi connectivity index (χ0) is 15.1. The standard InChI is InChI=1S/C16H19NO4/c1-8-3-4-10(9(2)7-8)17-15(18)13-11-5-6-12(21-11)14(13)16(19)20/h3-4,7,11-14H,5-6H2,1-2H3,(H,17,18)(H,19,20). The molecule has 21 heavy (non-hydrogen) atoms. The summed E-state index contributed by atoms with van der Waals surface area (Å²) in [6.07, 6.45) is 0.915. The highest BCUT2D eigenvalue weighted by atomic mass is 16.5. The quantitative estimate of drug-likeness (QED) is 0.893. The molecule has 1 amide bonds. The Balaban J connectivity index is 1.80. The summed E-state index contributed by atoms with van der Waals surface area (Å²) in [5.74, 6) is -2.51. The van der Waals surface area contributed by atoms with Crippen LogP contribution in [0.3, 0.4) is 0 Å². The van der Waals surface area contributed by atoms with Gasteiger partial charge in [0.1, 0.15) is 0 Å². The third-order valence-electron chi connectivity index (χ3n) is 4.50. The number of aryl methyl sites for hydroxylation is 2. The van der Waals surface area contributed by atoms with Crippen LogP contribution in [0.1, 0.15) is 24.0 Å². The number of carboxylic acid groups (broad SMARTS) is 1. The van der Waals surface area contributed by atoms with E-state index in [2.05, 4.69) is 5.32 Å². The average Bonchev–Trinajstić information content (AvgIpc) is 3.02. The minimum absolute atomic E-state index is 0.249. The molecule has 5 nitrogen and oxygen atoms in total. The van der Waals surface area contributed by atoms with E-state index < -0.39 is 17.8 Å². The van der Waals surface area contributed by atoms with Gasteiger partial charge in [0.25, 0.3) is 0 Å². The van der Waals surface area contributed by atoms with Gasteiger partial charge in [-0.05, 0) is 38.3 Å². The minimum Gasteiger partial charge on any atom is -0.481 e. The SMILES string of the molecule is Cc1ccc(NC(=O)C2C3CCC(O3)C2C(=O)O)c(C)c1. The lowest BCUT2D eigenvalue weighted by molar-refractivity contribution is -0.147. The highest BCUT2D eigenvalue weighted by Crippen LogP contribution is 2.44. The van der Waals surface area contributed by atoms with Gasteiger partial charge in [-0.2, -0.15) is 0 Å². The van der Waals surface area contributed by atoms with Crippen LogP contribution in [0, 0.1) is 25.7 Å². The molecule has 5 heteroatoms. The van der Waals surface area contributed by atoms with E-state index in [-0.39, 0.29) is 18.1 Å². The van der Waals surface area contributed by atoms with E-state index >= 15 is 0 Å². The van der Waals surface area contributed by atoms with Crippen LogP contribution in [0.2, 0.25) is 0 Å². The first-order chi connectivity index (χ1) is 9.97. The summed E-state index contributed by atoms with van der Waals surface area (Å²) in [5, 5.41) is 12.2. The van der Waals surface area contributed by atoms with E-state index in [1.165, 1.54) is 0 Å². The summed E-state index contributed by atoms with van der Waals surface area (Å²) in [7, 11) is 0. The van der Waals surface area contributed by atoms with Crippen molar-refractivity contribution in [3.63, 3.8) is 0 Å². The van der Waals surface area contributed by atoms with E-state index in [1.54, 1.807) is 0 Å². The van der Waals surface area contributed by atoms with Crippen molar-refractivity contribution >= 4 is 17.6 Å². The second-order valence-electron chi connectivity index (χ2n) is 5.99. The van der Waals surface area contributed by atoms with Gasteiger partial charge in [-0.25, -0.2) is 0 Å². The normalized spacial score (nSPS) is 30.4. The lowest BCUT2D eigenvalue weighted by atomic mass is 9.78. The van der Waals surface area contributed by atoms with Crippen LogP contribution < -0.4 is 5.32 Å². The van der Waals surface area contributed by atoms with Crippen LogP contribution in [-0.4, -0.2) is 29.2 Å². The number of hydrogen-bond acceptors (Lipinski definition) is 3. The molecule has 112 valence electrons. The monoisotopic (exact) mass is 289 g/mol. The Kier molecular flexibility index (Phi) is 3.45. The lowest BCUT2D eigenvalue weighted by Crippen LogP contribution is -2.41. The highest BCUT2D eigenvalue weighted by molar-refractivity contribution is 5.96. The molecule has 4 atom stereocenters. The second-order valence-corrected chi connectivity index (χ2v) is 5.99. The zero-order valence-corrected chi connectivity index (χ0v) is 12.1. The number of carbonyl (C=O) groups is 2. The number of anilines is 1. The van der Waals surface area contributed by atoms with Gasteiger partial charge >= 0.3 is 5.97 Å². The van der Waals surface area contributed by atoms with Crippen LogP contribution in [0.4, 0.5) is 5.69 Å². The summed E-state index contributed by atoms with van der Waals surface area (Å²) < 4.78 is 5.63. The summed E-state index contributed by atoms with van der Waals surface area (Å²) >= 11 is 0. The molecule has 2 heterocycles. The highest BCUT2D eigenvalue weighted by Gasteiger charge is 2.55. The molecule has 2 saturated heterocycles. The number of carboxylic acids is 1. The van der Waals surface area contributed by atoms with Crippen molar-refractivity contribution < 1.29 is 19.4 Å². The van der Waals surface area contributed by atoms with Crippen molar-refractivity contribution in [3.05, 3.63) is 29.3 Å². The fourth-order valence-electron chi connectivity index (χ4n) is 3.49. The molecule has 0 saturated carbocycles. The van der Waals surface area contributed by atoms with Crippen molar-refractivity contribution in [3.8, 4) is 0 Å². The van der Waals surface area contributed by atoms with Gasteiger partial charge in [-0.3, -0.25) is 9.59 Å². The number of aliphatic carboxylic acids is 1.